The molecule has 2 aromatic heterocycles. The third kappa shape index (κ3) is 5.01. The second-order valence-electron chi connectivity index (χ2n) is 9.31. The molecule has 0 bridgehead atoms. The molecule has 0 saturated carbocycles. The van der Waals surface area contributed by atoms with Gasteiger partial charge < -0.3 is 10.6 Å². The molecular weight excluding hydrogens is 535 g/mol. The van der Waals surface area contributed by atoms with Gasteiger partial charge in [-0.15, -0.1) is 11.3 Å². The van der Waals surface area contributed by atoms with Crippen LogP contribution >= 0.6 is 11.3 Å². The Balaban J connectivity index is 1.38. The highest BCUT2D eigenvalue weighted by atomic mass is 32.1. The van der Waals surface area contributed by atoms with Crippen molar-refractivity contribution in [2.45, 2.75) is 19.1 Å². The Morgan fingerprint density at radius 1 is 0.950 bits per heavy atom. The molecule has 1 amide bonds. The molecule has 1 unspecified atom stereocenters. The number of carbonyl (C=O) groups is 1. The maximum atomic E-state index is 13.7. The lowest BCUT2D eigenvalue weighted by atomic mass is 9.99. The van der Waals surface area contributed by atoms with E-state index in [4.69, 9.17) is 0 Å². The molecule has 0 radical (unpaired) electrons. The minimum absolute atomic E-state index is 0.331. The van der Waals surface area contributed by atoms with Gasteiger partial charge in [0.05, 0.1) is 34.6 Å². The highest BCUT2D eigenvalue weighted by Gasteiger charge is 2.33. The SMILES string of the molecule is CC1=C(C(=O)Nc2ccc3[nH]ncc3c2)C(c2ccc(-c3ccccc3)s2)NC(c2ccc(C(F)(F)F)cc2)=N1. The zero-order valence-electron chi connectivity index (χ0n) is 21.1. The summed E-state index contributed by atoms with van der Waals surface area (Å²) < 4.78 is 39.4. The first-order valence-electron chi connectivity index (χ1n) is 12.4. The summed E-state index contributed by atoms with van der Waals surface area (Å²) in [6.07, 6.45) is -2.76. The number of fused-ring (bicyclic) bond motifs is 1. The van der Waals surface area contributed by atoms with Gasteiger partial charge in [0.25, 0.3) is 5.91 Å². The minimum atomic E-state index is -4.44. The van der Waals surface area contributed by atoms with E-state index in [9.17, 15) is 18.0 Å². The van der Waals surface area contributed by atoms with E-state index >= 15 is 0 Å². The number of halogens is 3. The van der Waals surface area contributed by atoms with Crippen molar-refractivity contribution in [1.82, 2.24) is 15.5 Å². The molecular formula is C30H22F3N5OS. The van der Waals surface area contributed by atoms with E-state index in [1.54, 1.807) is 19.2 Å². The molecule has 6 nitrogen and oxygen atoms in total. The summed E-state index contributed by atoms with van der Waals surface area (Å²) in [5.41, 5.74) is 3.14. The number of carbonyl (C=O) groups excluding carboxylic acids is 1. The first-order chi connectivity index (χ1) is 19.3. The average Bonchev–Trinajstić information content (AvgIpc) is 3.62. The molecule has 3 aromatic carbocycles. The number of allylic oxidation sites excluding steroid dienone is 1. The molecule has 1 aliphatic rings. The Labute approximate surface area is 231 Å². The lowest BCUT2D eigenvalue weighted by Crippen LogP contribution is -2.37. The number of thiophene rings is 1. The second kappa shape index (κ2) is 10.1. The summed E-state index contributed by atoms with van der Waals surface area (Å²) in [6, 6.07) is 23.5. The number of H-pyrrole nitrogens is 1. The first kappa shape index (κ1) is 25.6. The highest BCUT2D eigenvalue weighted by molar-refractivity contribution is 7.15. The molecule has 10 heteroatoms. The summed E-state index contributed by atoms with van der Waals surface area (Å²) in [7, 11) is 0. The molecule has 5 aromatic rings. The number of amidine groups is 1. The van der Waals surface area contributed by atoms with E-state index in [1.807, 2.05) is 54.6 Å². The topological polar surface area (TPSA) is 82.2 Å². The van der Waals surface area contributed by atoms with E-state index in [0.717, 1.165) is 38.4 Å². The van der Waals surface area contributed by atoms with Crippen LogP contribution in [0.4, 0.5) is 18.9 Å². The van der Waals surface area contributed by atoms with E-state index in [1.165, 1.54) is 23.5 Å². The number of amides is 1. The Hall–Kier alpha value is -4.70. The number of alkyl halides is 3. The minimum Gasteiger partial charge on any atom is -0.358 e. The Bertz CT molecular complexity index is 1770. The molecule has 3 N–H and O–H groups in total. The van der Waals surface area contributed by atoms with Gasteiger partial charge in [0.15, 0.2) is 0 Å². The average molecular weight is 558 g/mol. The lowest BCUT2D eigenvalue weighted by molar-refractivity contribution is -0.137. The monoisotopic (exact) mass is 557 g/mol. The molecule has 1 aliphatic heterocycles. The van der Waals surface area contributed by atoms with Gasteiger partial charge in [-0.2, -0.15) is 18.3 Å². The number of nitrogens with zero attached hydrogens (tertiary/aromatic N) is 2. The molecule has 0 aliphatic carbocycles. The standard InChI is InChI=1S/C30H22F3N5OS/c1-17-26(29(39)36-22-11-12-23-20(15-22)16-34-38-23)27(25-14-13-24(40-25)18-5-3-2-4-6-18)37-28(35-17)19-7-9-21(10-8-19)30(31,32)33/h2-16,27H,1H3,(H,34,38)(H,35,37)(H,36,39). The summed E-state index contributed by atoms with van der Waals surface area (Å²) in [5.74, 6) is 0.0602. The van der Waals surface area contributed by atoms with Crippen LogP contribution in [0.1, 0.15) is 29.0 Å². The lowest BCUT2D eigenvalue weighted by Gasteiger charge is -2.28. The quantitative estimate of drug-likeness (QED) is 0.212. The van der Waals surface area contributed by atoms with Gasteiger partial charge in [-0.25, -0.2) is 4.99 Å². The van der Waals surface area contributed by atoms with E-state index < -0.39 is 17.8 Å². The van der Waals surface area contributed by atoms with Crippen LogP contribution in [-0.2, 0) is 11.0 Å². The van der Waals surface area contributed by atoms with Crippen LogP contribution in [0, 0.1) is 0 Å². The van der Waals surface area contributed by atoms with Crippen LogP contribution in [0.15, 0.2) is 107 Å². The molecule has 0 saturated heterocycles. The smallest absolute Gasteiger partial charge is 0.358 e. The van der Waals surface area contributed by atoms with Gasteiger partial charge in [-0.1, -0.05) is 42.5 Å². The number of aliphatic imine (C=N–C) groups is 1. The molecule has 0 spiro atoms. The highest BCUT2D eigenvalue weighted by Crippen LogP contribution is 2.38. The van der Waals surface area contributed by atoms with Crippen LogP contribution in [0.5, 0.6) is 0 Å². The third-order valence-corrected chi connectivity index (χ3v) is 7.84. The fourth-order valence-corrected chi connectivity index (χ4v) is 5.71. The number of hydrogen-bond donors (Lipinski definition) is 3. The van der Waals surface area contributed by atoms with Crippen molar-refractivity contribution in [1.29, 1.82) is 0 Å². The zero-order chi connectivity index (χ0) is 27.9. The number of nitrogens with one attached hydrogen (secondary N) is 3. The van der Waals surface area contributed by atoms with E-state index in [2.05, 4.69) is 25.8 Å². The van der Waals surface area contributed by atoms with Crippen molar-refractivity contribution in [2.75, 3.05) is 5.32 Å². The Morgan fingerprint density at radius 3 is 2.48 bits per heavy atom. The molecule has 3 heterocycles. The number of hydrogen-bond acceptors (Lipinski definition) is 5. The van der Waals surface area contributed by atoms with Gasteiger partial charge in [0, 0.05) is 26.4 Å². The summed E-state index contributed by atoms with van der Waals surface area (Å²) >= 11 is 1.54. The maximum Gasteiger partial charge on any atom is 0.416 e. The number of anilines is 1. The number of rotatable bonds is 5. The van der Waals surface area contributed by atoms with Crippen LogP contribution < -0.4 is 10.6 Å². The normalized spacial score (nSPS) is 15.6. The molecule has 1 atom stereocenters. The molecule has 6 rings (SSSR count). The van der Waals surface area contributed by atoms with Gasteiger partial charge in [-0.3, -0.25) is 9.89 Å². The van der Waals surface area contributed by atoms with Crippen LogP contribution in [0.2, 0.25) is 0 Å². The first-order valence-corrected chi connectivity index (χ1v) is 13.2. The fourth-order valence-electron chi connectivity index (χ4n) is 4.64. The van der Waals surface area contributed by atoms with Crippen molar-refractivity contribution in [3.63, 3.8) is 0 Å². The van der Waals surface area contributed by atoms with Gasteiger partial charge in [0.1, 0.15) is 5.84 Å². The Kier molecular flexibility index (Phi) is 6.47. The zero-order valence-corrected chi connectivity index (χ0v) is 21.9. The largest absolute Gasteiger partial charge is 0.416 e. The number of aromatic amines is 1. The van der Waals surface area contributed by atoms with Gasteiger partial charge in [0.2, 0.25) is 0 Å². The fraction of sp³-hybridized carbons (Fsp3) is 0.100. The van der Waals surface area contributed by atoms with E-state index in [0.29, 0.717) is 28.4 Å². The molecule has 40 heavy (non-hydrogen) atoms. The van der Waals surface area contributed by atoms with Crippen molar-refractivity contribution in [2.24, 2.45) is 4.99 Å². The number of aromatic nitrogens is 2. The van der Waals surface area contributed by atoms with Gasteiger partial charge in [-0.05, 0) is 55.0 Å². The van der Waals surface area contributed by atoms with Crippen molar-refractivity contribution in [3.05, 3.63) is 118 Å². The second-order valence-corrected chi connectivity index (χ2v) is 10.4. The molecule has 200 valence electrons. The maximum absolute atomic E-state index is 13.7. The summed E-state index contributed by atoms with van der Waals surface area (Å²) in [5, 5.41) is 14.1. The summed E-state index contributed by atoms with van der Waals surface area (Å²) in [4.78, 5) is 20.2. The van der Waals surface area contributed by atoms with E-state index in [-0.39, 0.29) is 5.91 Å². The van der Waals surface area contributed by atoms with Gasteiger partial charge >= 0.3 is 6.18 Å². The summed E-state index contributed by atoms with van der Waals surface area (Å²) in [6.45, 7) is 1.73. The molecule has 0 fully saturated rings. The van der Waals surface area contributed by atoms with Crippen LogP contribution in [0.25, 0.3) is 21.3 Å². The predicted octanol–water partition coefficient (Wildman–Crippen LogP) is 7.31. The third-order valence-electron chi connectivity index (χ3n) is 6.64. The Morgan fingerprint density at radius 2 is 1.73 bits per heavy atom. The number of benzene rings is 3. The van der Waals surface area contributed by atoms with Crippen LogP contribution in [0.3, 0.4) is 0 Å². The van der Waals surface area contributed by atoms with Crippen LogP contribution in [-0.4, -0.2) is 21.9 Å². The van der Waals surface area contributed by atoms with Crippen molar-refractivity contribution >= 4 is 39.7 Å². The van der Waals surface area contributed by atoms with Crippen molar-refractivity contribution < 1.29 is 18.0 Å². The predicted molar refractivity (Wildman–Crippen MR) is 151 cm³/mol. The van der Waals surface area contributed by atoms with Crippen molar-refractivity contribution in [3.8, 4) is 10.4 Å².